The van der Waals surface area contributed by atoms with Gasteiger partial charge < -0.3 is 19.4 Å². The van der Waals surface area contributed by atoms with E-state index in [-0.39, 0.29) is 18.9 Å². The average molecular weight is 458 g/mol. The van der Waals surface area contributed by atoms with Crippen molar-refractivity contribution in [2.45, 2.75) is 25.9 Å². The molecule has 6 nitrogen and oxygen atoms in total. The number of nitrogens with zero attached hydrogens (tertiary/aromatic N) is 1. The van der Waals surface area contributed by atoms with E-state index in [2.05, 4.69) is 17.0 Å². The molecule has 0 aliphatic heterocycles. The van der Waals surface area contributed by atoms with Crippen LogP contribution in [-0.2, 0) is 16.2 Å². The minimum absolute atomic E-state index is 0.0281. The van der Waals surface area contributed by atoms with Crippen LogP contribution >= 0.6 is 0 Å². The maximum atomic E-state index is 11.1. The molecule has 0 aliphatic carbocycles. The van der Waals surface area contributed by atoms with E-state index in [9.17, 15) is 4.79 Å². The monoisotopic (exact) mass is 457 g/mol. The number of ether oxygens (including phenoxy) is 2. The molecule has 6 heteroatoms. The first-order valence-electron chi connectivity index (χ1n) is 10.8. The maximum Gasteiger partial charge on any atom is 0.304 e. The van der Waals surface area contributed by atoms with Gasteiger partial charge in [-0.1, -0.05) is 65.7 Å². The summed E-state index contributed by atoms with van der Waals surface area (Å²) in [6.07, 6.45) is -0.0281. The van der Waals surface area contributed by atoms with E-state index in [0.717, 1.165) is 16.7 Å². The van der Waals surface area contributed by atoms with E-state index in [1.165, 1.54) is 7.11 Å². The van der Waals surface area contributed by atoms with Gasteiger partial charge in [0.1, 0.15) is 37.5 Å². The second-order valence-electron chi connectivity index (χ2n) is 7.42. The second kappa shape index (κ2) is 12.7. The predicted molar refractivity (Wildman–Crippen MR) is 131 cm³/mol. The van der Waals surface area contributed by atoms with E-state index in [4.69, 9.17) is 19.4 Å². The number of hydrogen-bond acceptors (Lipinski definition) is 5. The van der Waals surface area contributed by atoms with Crippen molar-refractivity contribution in [2.24, 2.45) is 5.16 Å². The molecule has 0 spiro atoms. The van der Waals surface area contributed by atoms with Crippen LogP contribution in [-0.4, -0.2) is 30.5 Å². The Kier molecular flexibility index (Phi) is 9.12. The number of carboxylic acids is 1. The molecule has 0 radical (unpaired) electrons. The zero-order chi connectivity index (χ0) is 24.2. The SMILES string of the molecule is CC#CC(CC(=O)O)c1ccc(OCc2ccc(OC/C(=N/OC)c3ccccc3)cc2)cc1. The van der Waals surface area contributed by atoms with Crippen LogP contribution in [0.2, 0.25) is 0 Å². The zero-order valence-electron chi connectivity index (χ0n) is 19.2. The fourth-order valence-corrected chi connectivity index (χ4v) is 3.30. The topological polar surface area (TPSA) is 77.4 Å². The summed E-state index contributed by atoms with van der Waals surface area (Å²) in [5.74, 6) is 5.96. The molecule has 3 aromatic carbocycles. The molecule has 3 aromatic rings. The molecule has 0 heterocycles. The molecule has 1 unspecified atom stereocenters. The summed E-state index contributed by atoms with van der Waals surface area (Å²) in [6.45, 7) is 2.39. The van der Waals surface area contributed by atoms with Crippen LogP contribution in [0.4, 0.5) is 0 Å². The van der Waals surface area contributed by atoms with Gasteiger partial charge in [0.05, 0.1) is 12.3 Å². The highest BCUT2D eigenvalue weighted by molar-refractivity contribution is 6.01. The molecule has 0 bridgehead atoms. The van der Waals surface area contributed by atoms with E-state index in [0.29, 0.717) is 23.8 Å². The third kappa shape index (κ3) is 7.42. The van der Waals surface area contributed by atoms with Crippen molar-refractivity contribution in [3.63, 3.8) is 0 Å². The third-order valence-electron chi connectivity index (χ3n) is 4.99. The molecule has 0 saturated carbocycles. The van der Waals surface area contributed by atoms with Gasteiger partial charge in [0.15, 0.2) is 0 Å². The average Bonchev–Trinajstić information content (AvgIpc) is 2.86. The highest BCUT2D eigenvalue weighted by Crippen LogP contribution is 2.23. The Morgan fingerprint density at radius 2 is 1.59 bits per heavy atom. The number of hydrogen-bond donors (Lipinski definition) is 1. The van der Waals surface area contributed by atoms with Gasteiger partial charge in [-0.3, -0.25) is 4.79 Å². The van der Waals surface area contributed by atoms with Crippen LogP contribution in [0.3, 0.4) is 0 Å². The molecule has 1 N–H and O–H groups in total. The Bertz CT molecular complexity index is 1140. The van der Waals surface area contributed by atoms with Crippen LogP contribution in [0.1, 0.15) is 36.0 Å². The molecule has 0 saturated heterocycles. The van der Waals surface area contributed by atoms with Crippen molar-refractivity contribution in [1.82, 2.24) is 0 Å². The van der Waals surface area contributed by atoms with Gasteiger partial charge in [0.25, 0.3) is 0 Å². The van der Waals surface area contributed by atoms with Gasteiger partial charge in [-0.05, 0) is 42.3 Å². The van der Waals surface area contributed by atoms with Gasteiger partial charge in [-0.15, -0.1) is 5.92 Å². The first-order valence-corrected chi connectivity index (χ1v) is 10.8. The molecule has 3 rings (SSSR count). The van der Waals surface area contributed by atoms with Crippen LogP contribution in [0.5, 0.6) is 11.5 Å². The highest BCUT2D eigenvalue weighted by Gasteiger charge is 2.13. The molecular formula is C28H27NO5. The van der Waals surface area contributed by atoms with Crippen molar-refractivity contribution in [2.75, 3.05) is 13.7 Å². The van der Waals surface area contributed by atoms with Crippen molar-refractivity contribution in [3.8, 4) is 23.3 Å². The van der Waals surface area contributed by atoms with Crippen LogP contribution in [0.15, 0.2) is 84.0 Å². The summed E-state index contributed by atoms with van der Waals surface area (Å²) >= 11 is 0. The lowest BCUT2D eigenvalue weighted by Gasteiger charge is -2.11. The Morgan fingerprint density at radius 3 is 2.21 bits per heavy atom. The van der Waals surface area contributed by atoms with Gasteiger partial charge in [-0.25, -0.2) is 0 Å². The third-order valence-corrected chi connectivity index (χ3v) is 4.99. The fraction of sp³-hybridized carbons (Fsp3) is 0.214. The van der Waals surface area contributed by atoms with Crippen LogP contribution in [0, 0.1) is 11.8 Å². The fourth-order valence-electron chi connectivity index (χ4n) is 3.30. The molecular weight excluding hydrogens is 430 g/mol. The Labute approximate surface area is 199 Å². The molecule has 174 valence electrons. The standard InChI is InChI=1S/C28H27NO5/c1-3-7-24(18-28(30)31)22-12-16-26(17-13-22)33-19-21-10-14-25(15-11-21)34-20-27(29-32-2)23-8-5-4-6-9-23/h4-6,8-17,24H,18-20H2,1-2H3,(H,30,31)/b29-27-. The zero-order valence-corrected chi connectivity index (χ0v) is 19.2. The van der Waals surface area contributed by atoms with E-state index in [1.807, 2.05) is 78.9 Å². The van der Waals surface area contributed by atoms with Crippen molar-refractivity contribution < 1.29 is 24.2 Å². The lowest BCUT2D eigenvalue weighted by atomic mass is 9.96. The molecule has 34 heavy (non-hydrogen) atoms. The number of carboxylic acid groups (broad SMARTS) is 1. The first kappa shape index (κ1) is 24.4. The first-order chi connectivity index (χ1) is 16.6. The molecule has 0 amide bonds. The van der Waals surface area contributed by atoms with Crippen molar-refractivity contribution in [1.29, 1.82) is 0 Å². The lowest BCUT2D eigenvalue weighted by Crippen LogP contribution is -2.13. The quantitative estimate of drug-likeness (QED) is 0.241. The van der Waals surface area contributed by atoms with Crippen LogP contribution in [0.25, 0.3) is 0 Å². The number of benzene rings is 3. The number of rotatable bonds is 11. The highest BCUT2D eigenvalue weighted by atomic mass is 16.6. The van der Waals surface area contributed by atoms with E-state index >= 15 is 0 Å². The normalized spacial score (nSPS) is 11.6. The molecule has 1 atom stereocenters. The van der Waals surface area contributed by atoms with Gasteiger partial charge >= 0.3 is 5.97 Å². The van der Waals surface area contributed by atoms with E-state index in [1.54, 1.807) is 6.92 Å². The van der Waals surface area contributed by atoms with Crippen LogP contribution < -0.4 is 9.47 Å². The molecule has 0 fully saturated rings. The lowest BCUT2D eigenvalue weighted by molar-refractivity contribution is -0.137. The largest absolute Gasteiger partial charge is 0.489 e. The van der Waals surface area contributed by atoms with Gasteiger partial charge in [0.2, 0.25) is 0 Å². The Balaban J connectivity index is 1.54. The summed E-state index contributed by atoms with van der Waals surface area (Å²) in [5, 5.41) is 13.1. The summed E-state index contributed by atoms with van der Waals surface area (Å²) in [5.41, 5.74) is 3.49. The summed E-state index contributed by atoms with van der Waals surface area (Å²) in [4.78, 5) is 16.0. The molecule has 0 aromatic heterocycles. The van der Waals surface area contributed by atoms with E-state index < -0.39 is 5.97 Å². The number of oxime groups is 1. The van der Waals surface area contributed by atoms with Gasteiger partial charge in [0, 0.05) is 5.56 Å². The summed E-state index contributed by atoms with van der Waals surface area (Å²) in [6, 6.07) is 24.8. The van der Waals surface area contributed by atoms with Crippen molar-refractivity contribution in [3.05, 3.63) is 95.6 Å². The van der Waals surface area contributed by atoms with Crippen molar-refractivity contribution >= 4 is 11.7 Å². The minimum Gasteiger partial charge on any atom is -0.489 e. The second-order valence-corrected chi connectivity index (χ2v) is 7.42. The summed E-state index contributed by atoms with van der Waals surface area (Å²) < 4.78 is 11.7. The van der Waals surface area contributed by atoms with Gasteiger partial charge in [-0.2, -0.15) is 0 Å². The Hall–Kier alpha value is -4.24. The smallest absolute Gasteiger partial charge is 0.304 e. The number of aliphatic carboxylic acids is 1. The number of carbonyl (C=O) groups is 1. The molecule has 0 aliphatic rings. The summed E-state index contributed by atoms with van der Waals surface area (Å²) in [7, 11) is 1.51. The Morgan fingerprint density at radius 1 is 0.941 bits per heavy atom. The predicted octanol–water partition coefficient (Wildman–Crippen LogP) is 5.28. The minimum atomic E-state index is -0.872. The maximum absolute atomic E-state index is 11.1.